The van der Waals surface area contributed by atoms with Crippen molar-refractivity contribution in [3.8, 4) is 5.88 Å². The van der Waals surface area contributed by atoms with Gasteiger partial charge in [0.1, 0.15) is 0 Å². The molecule has 1 aliphatic heterocycles. The lowest BCUT2D eigenvalue weighted by Crippen LogP contribution is -2.32. The number of nitrogens with zero attached hydrogens (tertiary/aromatic N) is 3. The van der Waals surface area contributed by atoms with Gasteiger partial charge >= 0.3 is 0 Å². The second-order valence-corrected chi connectivity index (χ2v) is 4.88. The summed E-state index contributed by atoms with van der Waals surface area (Å²) in [4.78, 5) is 9.07. The Labute approximate surface area is 115 Å². The molecule has 0 aromatic carbocycles. The summed E-state index contributed by atoms with van der Waals surface area (Å²) >= 11 is 0. The van der Waals surface area contributed by atoms with Crippen LogP contribution in [0.5, 0.6) is 5.88 Å². The molecule has 1 fully saturated rings. The van der Waals surface area contributed by atoms with Gasteiger partial charge in [-0.25, -0.2) is 4.98 Å². The van der Waals surface area contributed by atoms with Crippen LogP contribution >= 0.6 is 0 Å². The zero-order valence-electron chi connectivity index (χ0n) is 11.7. The van der Waals surface area contributed by atoms with E-state index in [-0.39, 0.29) is 0 Å². The molecule has 1 aromatic rings. The van der Waals surface area contributed by atoms with Crippen LogP contribution in [0.25, 0.3) is 0 Å². The Balaban J connectivity index is 1.94. The second kappa shape index (κ2) is 7.31. The van der Waals surface area contributed by atoms with Gasteiger partial charge in [-0.1, -0.05) is 0 Å². The van der Waals surface area contributed by atoms with Gasteiger partial charge in [0.2, 0.25) is 5.88 Å². The van der Waals surface area contributed by atoms with Crippen molar-refractivity contribution in [3.63, 3.8) is 0 Å². The fraction of sp³-hybridized carbons (Fsp3) is 0.643. The van der Waals surface area contributed by atoms with Gasteiger partial charge in [-0.15, -0.1) is 0 Å². The number of anilines is 1. The topological polar surface area (TPSA) is 54.6 Å². The Hall–Kier alpha value is -1.33. The molecule has 0 radical (unpaired) electrons. The van der Waals surface area contributed by atoms with Gasteiger partial charge in [0, 0.05) is 37.6 Å². The van der Waals surface area contributed by atoms with Crippen molar-refractivity contribution in [2.24, 2.45) is 5.73 Å². The molecule has 19 heavy (non-hydrogen) atoms. The highest BCUT2D eigenvalue weighted by Crippen LogP contribution is 2.20. The number of aromatic nitrogens is 1. The van der Waals surface area contributed by atoms with Crippen LogP contribution in [0, 0.1) is 0 Å². The first-order valence-electron chi connectivity index (χ1n) is 7.01. The summed E-state index contributed by atoms with van der Waals surface area (Å²) in [6.07, 6.45) is 4.09. The summed E-state index contributed by atoms with van der Waals surface area (Å²) in [6, 6.07) is 4.06. The monoisotopic (exact) mass is 264 g/mol. The van der Waals surface area contributed by atoms with Crippen LogP contribution in [-0.4, -0.2) is 56.3 Å². The van der Waals surface area contributed by atoms with Crippen LogP contribution < -0.4 is 15.4 Å². The molecule has 0 unspecified atom stereocenters. The highest BCUT2D eigenvalue weighted by Gasteiger charge is 2.15. The molecule has 0 atom stereocenters. The van der Waals surface area contributed by atoms with Crippen LogP contribution in [0.15, 0.2) is 18.3 Å². The molecule has 1 saturated heterocycles. The molecule has 0 saturated carbocycles. The number of ether oxygens (including phenoxy) is 1. The van der Waals surface area contributed by atoms with E-state index in [0.29, 0.717) is 5.88 Å². The molecular weight excluding hydrogens is 240 g/mol. The van der Waals surface area contributed by atoms with E-state index < -0.39 is 0 Å². The number of hydrogen-bond acceptors (Lipinski definition) is 5. The maximum atomic E-state index is 5.58. The highest BCUT2D eigenvalue weighted by molar-refractivity contribution is 5.48. The Morgan fingerprint density at radius 2 is 2.21 bits per heavy atom. The van der Waals surface area contributed by atoms with E-state index in [1.807, 2.05) is 12.3 Å². The quantitative estimate of drug-likeness (QED) is 0.858. The lowest BCUT2D eigenvalue weighted by molar-refractivity contribution is 0.291. The molecule has 2 heterocycles. The number of pyridine rings is 1. The zero-order valence-corrected chi connectivity index (χ0v) is 11.7. The summed E-state index contributed by atoms with van der Waals surface area (Å²) in [6.45, 7) is 6.30. The Morgan fingerprint density at radius 3 is 3.00 bits per heavy atom. The van der Waals surface area contributed by atoms with Gasteiger partial charge in [-0.2, -0.15) is 0 Å². The fourth-order valence-electron chi connectivity index (χ4n) is 2.47. The molecular formula is C14H24N4O. The highest BCUT2D eigenvalue weighted by atomic mass is 16.5. The van der Waals surface area contributed by atoms with E-state index in [2.05, 4.69) is 20.9 Å². The average Bonchev–Trinajstić information content (AvgIpc) is 2.70. The number of methoxy groups -OCH3 is 1. The molecule has 2 rings (SSSR count). The minimum Gasteiger partial charge on any atom is -0.481 e. The molecule has 5 nitrogen and oxygen atoms in total. The van der Waals surface area contributed by atoms with Gasteiger partial charge < -0.3 is 20.3 Å². The van der Waals surface area contributed by atoms with Crippen molar-refractivity contribution in [1.29, 1.82) is 0 Å². The van der Waals surface area contributed by atoms with Crippen molar-refractivity contribution in [2.45, 2.75) is 12.8 Å². The molecule has 1 aliphatic rings. The fourth-order valence-corrected chi connectivity index (χ4v) is 2.47. The molecule has 0 spiro atoms. The maximum Gasteiger partial charge on any atom is 0.214 e. The molecule has 2 N–H and O–H groups in total. The van der Waals surface area contributed by atoms with Crippen LogP contribution in [0.4, 0.5) is 5.69 Å². The predicted octanol–water partition coefficient (Wildman–Crippen LogP) is 0.951. The van der Waals surface area contributed by atoms with E-state index in [1.54, 1.807) is 7.11 Å². The summed E-state index contributed by atoms with van der Waals surface area (Å²) in [5.74, 6) is 0.682. The average molecular weight is 264 g/mol. The van der Waals surface area contributed by atoms with E-state index in [1.165, 1.54) is 18.7 Å². The third-order valence-corrected chi connectivity index (χ3v) is 3.56. The van der Waals surface area contributed by atoms with Gasteiger partial charge in [0.15, 0.2) is 0 Å². The van der Waals surface area contributed by atoms with Crippen LogP contribution in [-0.2, 0) is 0 Å². The van der Waals surface area contributed by atoms with Crippen molar-refractivity contribution >= 4 is 5.69 Å². The number of nitrogens with two attached hydrogens (primary N) is 1. The summed E-state index contributed by atoms with van der Waals surface area (Å²) in [5, 5.41) is 0. The lowest BCUT2D eigenvalue weighted by Gasteiger charge is -2.23. The van der Waals surface area contributed by atoms with Crippen molar-refractivity contribution in [1.82, 2.24) is 9.88 Å². The number of hydrogen-bond donors (Lipinski definition) is 1. The van der Waals surface area contributed by atoms with E-state index in [0.717, 1.165) is 39.1 Å². The summed E-state index contributed by atoms with van der Waals surface area (Å²) in [5.41, 5.74) is 6.78. The Morgan fingerprint density at radius 1 is 1.32 bits per heavy atom. The first-order valence-corrected chi connectivity index (χ1v) is 7.01. The van der Waals surface area contributed by atoms with Crippen molar-refractivity contribution < 1.29 is 4.74 Å². The van der Waals surface area contributed by atoms with Gasteiger partial charge in [-0.3, -0.25) is 0 Å². The van der Waals surface area contributed by atoms with Crippen LogP contribution in [0.1, 0.15) is 12.8 Å². The molecule has 0 amide bonds. The first-order chi connectivity index (χ1) is 9.33. The second-order valence-electron chi connectivity index (χ2n) is 4.88. The lowest BCUT2D eigenvalue weighted by atomic mass is 10.3. The smallest absolute Gasteiger partial charge is 0.214 e. The third-order valence-electron chi connectivity index (χ3n) is 3.56. The van der Waals surface area contributed by atoms with E-state index in [4.69, 9.17) is 10.5 Å². The maximum absolute atomic E-state index is 5.58. The van der Waals surface area contributed by atoms with Crippen LogP contribution in [0.3, 0.4) is 0 Å². The molecule has 106 valence electrons. The summed E-state index contributed by atoms with van der Waals surface area (Å²) < 4.78 is 5.19. The van der Waals surface area contributed by atoms with Gasteiger partial charge in [-0.05, 0) is 38.5 Å². The third kappa shape index (κ3) is 4.08. The standard InChI is InChI=1S/C14H24N4O/c1-19-14-12-13(4-6-16-14)18-9-3-8-17(10-11-18)7-2-5-15/h4,6,12H,2-3,5,7-11,15H2,1H3. The number of rotatable bonds is 5. The normalized spacial score (nSPS) is 17.3. The molecule has 1 aromatic heterocycles. The first kappa shape index (κ1) is 14.1. The predicted molar refractivity (Wildman–Crippen MR) is 77.7 cm³/mol. The molecule has 0 bridgehead atoms. The largest absolute Gasteiger partial charge is 0.481 e. The van der Waals surface area contributed by atoms with E-state index in [9.17, 15) is 0 Å². The molecule has 0 aliphatic carbocycles. The summed E-state index contributed by atoms with van der Waals surface area (Å²) in [7, 11) is 1.66. The zero-order chi connectivity index (χ0) is 13.5. The Kier molecular flexibility index (Phi) is 5.42. The minimum absolute atomic E-state index is 0.682. The van der Waals surface area contributed by atoms with E-state index >= 15 is 0 Å². The van der Waals surface area contributed by atoms with Crippen molar-refractivity contribution in [3.05, 3.63) is 18.3 Å². The van der Waals surface area contributed by atoms with Crippen molar-refractivity contribution in [2.75, 3.05) is 51.3 Å². The Bertz CT molecular complexity index is 385. The van der Waals surface area contributed by atoms with Gasteiger partial charge in [0.05, 0.1) is 7.11 Å². The van der Waals surface area contributed by atoms with Crippen LogP contribution in [0.2, 0.25) is 0 Å². The SMILES string of the molecule is COc1cc(N2CCCN(CCCN)CC2)ccn1. The minimum atomic E-state index is 0.682. The van der Waals surface area contributed by atoms with Gasteiger partial charge in [0.25, 0.3) is 0 Å². The molecule has 5 heteroatoms.